The number of hydrogen-bond donors (Lipinski definition) is 1. The number of rotatable bonds is 0. The minimum atomic E-state index is 1.12. The minimum Gasteiger partial charge on any atom is -0.373 e. The molecule has 0 aromatic heterocycles. The van der Waals surface area contributed by atoms with Crippen LogP contribution in [-0.2, 0) is 0 Å². The van der Waals surface area contributed by atoms with Gasteiger partial charge in [0.2, 0.25) is 0 Å². The largest absolute Gasteiger partial charge is 0.373 e. The third-order valence-electron chi connectivity index (χ3n) is 1.31. The highest BCUT2D eigenvalue weighted by molar-refractivity contribution is 5.40. The smallest absolute Gasteiger partial charge is 0.0864 e. The van der Waals surface area contributed by atoms with Crippen molar-refractivity contribution < 1.29 is 0 Å². The van der Waals surface area contributed by atoms with Gasteiger partial charge >= 0.3 is 0 Å². The zero-order valence-electron chi connectivity index (χ0n) is 3.94. The van der Waals surface area contributed by atoms with Crippen molar-refractivity contribution in [3.05, 3.63) is 30.0 Å². The second-order valence-corrected chi connectivity index (χ2v) is 1.85. The number of hydrogen-bond acceptors (Lipinski definition) is 1. The minimum absolute atomic E-state index is 1.12. The van der Waals surface area contributed by atoms with Gasteiger partial charge in [-0.05, 0) is 12.5 Å². The summed E-state index contributed by atoms with van der Waals surface area (Å²) < 4.78 is 0. The predicted molar refractivity (Wildman–Crippen MR) is 28.2 cm³/mol. The molecule has 2 rings (SSSR count). The van der Waals surface area contributed by atoms with Crippen LogP contribution in [0.15, 0.2) is 23.9 Å². The highest BCUT2D eigenvalue weighted by Gasteiger charge is 2.16. The van der Waals surface area contributed by atoms with Crippen LogP contribution in [0.5, 0.6) is 0 Å². The predicted octanol–water partition coefficient (Wildman–Crippen LogP) is 0.965. The van der Waals surface area contributed by atoms with Crippen LogP contribution < -0.4 is 5.32 Å². The molecular weight excluding hydrogens is 86.1 g/mol. The fourth-order valence-corrected chi connectivity index (χ4v) is 0.917. The molecule has 0 fully saturated rings. The zero-order chi connectivity index (χ0) is 4.69. The monoisotopic (exact) mass is 92.1 g/mol. The highest BCUT2D eigenvalue weighted by Crippen LogP contribution is 2.23. The van der Waals surface area contributed by atoms with E-state index in [1.54, 1.807) is 0 Å². The van der Waals surface area contributed by atoms with Crippen LogP contribution in [0.4, 0.5) is 0 Å². The molecule has 1 radical (unpaired) electrons. The molecule has 0 aromatic carbocycles. The van der Waals surface area contributed by atoms with E-state index in [0.717, 1.165) is 6.42 Å². The summed E-state index contributed by atoms with van der Waals surface area (Å²) in [6, 6.07) is 1.34. The van der Waals surface area contributed by atoms with Gasteiger partial charge in [0.1, 0.15) is 0 Å². The Kier molecular flexibility index (Phi) is 0.432. The highest BCUT2D eigenvalue weighted by atomic mass is 15.0. The van der Waals surface area contributed by atoms with E-state index in [-0.39, 0.29) is 0 Å². The van der Waals surface area contributed by atoms with Crippen LogP contribution in [0.25, 0.3) is 0 Å². The van der Waals surface area contributed by atoms with Crippen molar-refractivity contribution in [3.8, 4) is 0 Å². The SMILES string of the molecule is C1=CC2=CC[C]1N2. The Bertz CT molecular complexity index is 144. The summed E-state index contributed by atoms with van der Waals surface area (Å²) in [6.07, 6.45) is 7.52. The lowest BCUT2D eigenvalue weighted by Crippen LogP contribution is -2.03. The van der Waals surface area contributed by atoms with Crippen LogP contribution in [0.3, 0.4) is 0 Å². The summed E-state index contributed by atoms with van der Waals surface area (Å²) in [5.74, 6) is 0. The van der Waals surface area contributed by atoms with Gasteiger partial charge in [0.15, 0.2) is 0 Å². The van der Waals surface area contributed by atoms with Gasteiger partial charge in [0, 0.05) is 5.70 Å². The maximum Gasteiger partial charge on any atom is 0.0864 e. The molecular formula is C6H6N. The van der Waals surface area contributed by atoms with Crippen molar-refractivity contribution in [1.82, 2.24) is 5.32 Å². The maximum absolute atomic E-state index is 3.19. The van der Waals surface area contributed by atoms with Gasteiger partial charge in [0.05, 0.1) is 6.04 Å². The standard InChI is InChI=1S/C6H6N/c1-2-6-4-3-5(1)7-6/h1-3,7H,4H2. The van der Waals surface area contributed by atoms with E-state index in [0.29, 0.717) is 0 Å². The van der Waals surface area contributed by atoms with E-state index in [1.807, 2.05) is 0 Å². The molecule has 7 heavy (non-hydrogen) atoms. The van der Waals surface area contributed by atoms with Gasteiger partial charge in [0.25, 0.3) is 0 Å². The van der Waals surface area contributed by atoms with E-state index < -0.39 is 0 Å². The molecule has 35 valence electrons. The molecule has 0 spiro atoms. The molecule has 2 heterocycles. The first-order valence-electron chi connectivity index (χ1n) is 2.46. The Hall–Kier alpha value is -0.720. The first kappa shape index (κ1) is 3.30. The molecule has 0 amide bonds. The molecule has 1 nitrogen and oxygen atoms in total. The first-order chi connectivity index (χ1) is 3.45. The normalized spacial score (nSPS) is 25.4. The number of nitrogens with one attached hydrogen (secondary N) is 1. The Labute approximate surface area is 42.7 Å². The van der Waals surface area contributed by atoms with Crippen molar-refractivity contribution in [2.45, 2.75) is 6.42 Å². The van der Waals surface area contributed by atoms with E-state index in [1.165, 1.54) is 11.7 Å². The summed E-state index contributed by atoms with van der Waals surface area (Å²) in [4.78, 5) is 0. The quantitative estimate of drug-likeness (QED) is 0.469. The van der Waals surface area contributed by atoms with Gasteiger partial charge < -0.3 is 5.32 Å². The van der Waals surface area contributed by atoms with E-state index in [2.05, 4.69) is 23.5 Å². The van der Waals surface area contributed by atoms with E-state index >= 15 is 0 Å². The van der Waals surface area contributed by atoms with Crippen molar-refractivity contribution in [3.63, 3.8) is 0 Å². The molecule has 2 aliphatic rings. The van der Waals surface area contributed by atoms with Crippen LogP contribution in [0.2, 0.25) is 0 Å². The molecule has 0 aromatic rings. The summed E-state index contributed by atoms with van der Waals surface area (Å²) in [5.41, 5.74) is 1.27. The fourth-order valence-electron chi connectivity index (χ4n) is 0.917. The molecule has 0 saturated carbocycles. The third-order valence-corrected chi connectivity index (χ3v) is 1.31. The lowest BCUT2D eigenvalue weighted by atomic mass is 10.2. The summed E-state index contributed by atoms with van der Waals surface area (Å²) in [5, 5.41) is 3.19. The van der Waals surface area contributed by atoms with Crippen molar-refractivity contribution in [2.24, 2.45) is 0 Å². The Morgan fingerprint density at radius 1 is 1.43 bits per heavy atom. The van der Waals surface area contributed by atoms with Crippen LogP contribution >= 0.6 is 0 Å². The van der Waals surface area contributed by atoms with Gasteiger partial charge in [-0.2, -0.15) is 0 Å². The maximum atomic E-state index is 3.19. The molecule has 0 aliphatic carbocycles. The second-order valence-electron chi connectivity index (χ2n) is 1.85. The van der Waals surface area contributed by atoms with Gasteiger partial charge in [-0.3, -0.25) is 0 Å². The third kappa shape index (κ3) is 0.322. The summed E-state index contributed by atoms with van der Waals surface area (Å²) >= 11 is 0. The lowest BCUT2D eigenvalue weighted by Gasteiger charge is -1.94. The molecule has 2 bridgehead atoms. The zero-order valence-corrected chi connectivity index (χ0v) is 3.94. The molecule has 0 saturated heterocycles. The van der Waals surface area contributed by atoms with E-state index in [9.17, 15) is 0 Å². The van der Waals surface area contributed by atoms with Crippen LogP contribution in [0.1, 0.15) is 6.42 Å². The lowest BCUT2D eigenvalue weighted by molar-refractivity contribution is 0.948. The molecule has 2 aliphatic heterocycles. The Morgan fingerprint density at radius 2 is 2.43 bits per heavy atom. The first-order valence-corrected chi connectivity index (χ1v) is 2.46. The number of allylic oxidation sites excluding steroid dienone is 1. The second kappa shape index (κ2) is 0.915. The summed E-state index contributed by atoms with van der Waals surface area (Å²) in [7, 11) is 0. The Morgan fingerprint density at radius 3 is 2.57 bits per heavy atom. The average Bonchev–Trinajstić information content (AvgIpc) is 2.22. The van der Waals surface area contributed by atoms with Crippen LogP contribution in [-0.4, -0.2) is 0 Å². The van der Waals surface area contributed by atoms with Gasteiger partial charge in [-0.25, -0.2) is 0 Å². The average molecular weight is 92.1 g/mol. The topological polar surface area (TPSA) is 12.0 Å². The molecule has 1 heteroatoms. The van der Waals surface area contributed by atoms with E-state index in [4.69, 9.17) is 0 Å². The molecule has 1 N–H and O–H groups in total. The Balaban J connectivity index is 2.45. The fraction of sp³-hybridized carbons (Fsp3) is 0.167. The van der Waals surface area contributed by atoms with Gasteiger partial charge in [-0.1, -0.05) is 12.2 Å². The van der Waals surface area contributed by atoms with Crippen molar-refractivity contribution in [1.29, 1.82) is 0 Å². The van der Waals surface area contributed by atoms with Crippen molar-refractivity contribution in [2.75, 3.05) is 0 Å². The molecule has 0 atom stereocenters. The van der Waals surface area contributed by atoms with Crippen LogP contribution in [0, 0.1) is 6.04 Å². The summed E-state index contributed by atoms with van der Waals surface area (Å²) in [6.45, 7) is 0. The molecule has 0 unspecified atom stereocenters. The number of fused-ring (bicyclic) bond motifs is 2. The van der Waals surface area contributed by atoms with Gasteiger partial charge in [-0.15, -0.1) is 0 Å². The van der Waals surface area contributed by atoms with Crippen molar-refractivity contribution >= 4 is 0 Å².